The third kappa shape index (κ3) is 5.18. The van der Waals surface area contributed by atoms with E-state index in [1.807, 2.05) is 36.4 Å². The molecule has 0 saturated heterocycles. The summed E-state index contributed by atoms with van der Waals surface area (Å²) in [5, 5.41) is 11.6. The van der Waals surface area contributed by atoms with E-state index in [-0.39, 0.29) is 15.6 Å². The van der Waals surface area contributed by atoms with Crippen molar-refractivity contribution < 1.29 is 23.2 Å². The van der Waals surface area contributed by atoms with Gasteiger partial charge in [-0.2, -0.15) is 0 Å². The predicted octanol–water partition coefficient (Wildman–Crippen LogP) is 3.81. The van der Waals surface area contributed by atoms with Crippen LogP contribution in [-0.4, -0.2) is 29.2 Å². The molecule has 1 N–H and O–H groups in total. The number of benzene rings is 3. The van der Waals surface area contributed by atoms with E-state index in [1.54, 1.807) is 24.4 Å². The third-order valence-electron chi connectivity index (χ3n) is 5.13. The highest BCUT2D eigenvalue weighted by atomic mass is 32.2. The highest BCUT2D eigenvalue weighted by Gasteiger charge is 2.22. The number of anilines is 1. The summed E-state index contributed by atoms with van der Waals surface area (Å²) in [6.45, 7) is 0.972. The Morgan fingerprint density at radius 2 is 1.50 bits per heavy atom. The Kier molecular flexibility index (Phi) is 6.98. The Balaban J connectivity index is 0.000000709. The zero-order chi connectivity index (χ0) is 25.7. The van der Waals surface area contributed by atoms with Crippen LogP contribution in [0.15, 0.2) is 107 Å². The Morgan fingerprint density at radius 3 is 2.19 bits per heavy atom. The number of nitrogens with one attached hydrogen (secondary N) is 1. The molecule has 9 nitrogen and oxygen atoms in total. The van der Waals surface area contributed by atoms with Crippen LogP contribution in [0.25, 0.3) is 21.7 Å². The van der Waals surface area contributed by atoms with Crippen LogP contribution in [0.5, 0.6) is 0 Å². The number of rotatable bonds is 5. The first-order valence-corrected chi connectivity index (χ1v) is 12.2. The van der Waals surface area contributed by atoms with Gasteiger partial charge in [0, 0.05) is 41.3 Å². The van der Waals surface area contributed by atoms with E-state index in [4.69, 9.17) is 9.90 Å². The quantitative estimate of drug-likeness (QED) is 0.219. The minimum atomic E-state index is -3.75. The van der Waals surface area contributed by atoms with Crippen molar-refractivity contribution >= 4 is 48.9 Å². The van der Waals surface area contributed by atoms with Crippen molar-refractivity contribution in [3.8, 4) is 0 Å². The van der Waals surface area contributed by atoms with Gasteiger partial charge in [-0.25, -0.2) is 13.4 Å². The predicted molar refractivity (Wildman–Crippen MR) is 133 cm³/mol. The van der Waals surface area contributed by atoms with E-state index in [0.29, 0.717) is 10.6 Å². The van der Waals surface area contributed by atoms with Crippen LogP contribution in [0.4, 0.5) is 11.4 Å². The van der Waals surface area contributed by atoms with Crippen LogP contribution in [0, 0.1) is 4.91 Å². The van der Waals surface area contributed by atoms with Crippen molar-refractivity contribution in [2.24, 2.45) is 0 Å². The maximum absolute atomic E-state index is 12.8. The number of carboxylic acid groups (broad SMARTS) is 1. The topological polar surface area (TPSA) is 132 Å². The number of nitrogens with zero attached hydrogens (tertiary/aromatic N) is 3. The van der Waals surface area contributed by atoms with Crippen LogP contribution in [0.3, 0.4) is 0 Å². The number of hydrogen-bond donors (Lipinski definition) is 1. The molecule has 5 aromatic rings. The van der Waals surface area contributed by atoms with Crippen LogP contribution < -0.4 is 10.5 Å². The Hall–Kier alpha value is -4.70. The highest BCUT2D eigenvalue weighted by molar-refractivity contribution is 7.91. The van der Waals surface area contributed by atoms with E-state index in [0.717, 1.165) is 28.6 Å². The second-order valence-electron chi connectivity index (χ2n) is 7.61. The minimum absolute atomic E-state index is 0.0417. The molecule has 2 heterocycles. The zero-order valence-electron chi connectivity index (χ0n) is 19.0. The number of aromatic nitrogens is 2. The molecule has 0 aliphatic carbocycles. The number of carboxylic acids is 1. The summed E-state index contributed by atoms with van der Waals surface area (Å²) in [6.07, 6.45) is 3.14. The molecule has 180 valence electrons. The number of pyridine rings is 2. The molecule has 2 aromatic heterocycles. The summed E-state index contributed by atoms with van der Waals surface area (Å²) in [4.78, 5) is 30.8. The lowest BCUT2D eigenvalue weighted by atomic mass is 10.0. The van der Waals surface area contributed by atoms with Crippen molar-refractivity contribution in [2.75, 3.05) is 5.43 Å². The molecule has 0 radical (unpaired) electrons. The molecule has 0 aliphatic rings. The van der Waals surface area contributed by atoms with E-state index in [9.17, 15) is 13.3 Å². The van der Waals surface area contributed by atoms with E-state index in [2.05, 4.69) is 15.4 Å². The largest absolute Gasteiger partial charge is 0.550 e. The summed E-state index contributed by atoms with van der Waals surface area (Å²) >= 11 is 0. The van der Waals surface area contributed by atoms with Gasteiger partial charge in [0.25, 0.3) is 5.69 Å². The summed E-state index contributed by atoms with van der Waals surface area (Å²) in [5.74, 6) is -1.08. The SMILES string of the molecule is CC(=O)[O-].O=[N+](Nc1cccc2ccc3cccnc3c12)c1ccc(S(=O)(=O)c2ccccn2)cc1. The van der Waals surface area contributed by atoms with Crippen LogP contribution in [0.1, 0.15) is 6.92 Å². The highest BCUT2D eigenvalue weighted by Crippen LogP contribution is 2.31. The number of hydrogen-bond acceptors (Lipinski definition) is 7. The lowest BCUT2D eigenvalue weighted by Gasteiger charge is -2.07. The Morgan fingerprint density at radius 1 is 0.833 bits per heavy atom. The van der Waals surface area contributed by atoms with Gasteiger partial charge in [-0.05, 0) is 48.7 Å². The van der Waals surface area contributed by atoms with Gasteiger partial charge in [-0.15, -0.1) is 5.43 Å². The minimum Gasteiger partial charge on any atom is -0.550 e. The second kappa shape index (κ2) is 10.3. The molecular formula is C26H20N4O5S. The van der Waals surface area contributed by atoms with Crippen LogP contribution in [-0.2, 0) is 14.6 Å². The van der Waals surface area contributed by atoms with Crippen molar-refractivity contribution in [2.45, 2.75) is 16.8 Å². The zero-order valence-corrected chi connectivity index (χ0v) is 19.8. The number of carbonyl (C=O) groups excluding carboxylic acids is 1. The third-order valence-corrected chi connectivity index (χ3v) is 6.82. The molecule has 0 bridgehead atoms. The molecule has 0 saturated carbocycles. The maximum atomic E-state index is 12.8. The first kappa shape index (κ1) is 24.4. The number of sulfone groups is 1. The smallest absolute Gasteiger partial charge is 0.292 e. The maximum Gasteiger partial charge on any atom is 0.292 e. The number of aliphatic carboxylic acids is 1. The van der Waals surface area contributed by atoms with Gasteiger partial charge in [0.15, 0.2) is 9.89 Å². The lowest BCUT2D eigenvalue weighted by Crippen LogP contribution is -2.16. The van der Waals surface area contributed by atoms with Crippen molar-refractivity contribution in [1.82, 2.24) is 9.97 Å². The lowest BCUT2D eigenvalue weighted by molar-refractivity contribution is -0.427. The normalized spacial score (nSPS) is 10.9. The molecule has 0 amide bonds. The molecular weight excluding hydrogens is 480 g/mol. The van der Waals surface area contributed by atoms with E-state index < -0.39 is 15.8 Å². The van der Waals surface area contributed by atoms with E-state index >= 15 is 0 Å². The fourth-order valence-corrected chi connectivity index (χ4v) is 4.76. The van der Waals surface area contributed by atoms with Gasteiger partial charge in [-0.1, -0.05) is 36.4 Å². The average Bonchev–Trinajstić information content (AvgIpc) is 2.89. The summed E-state index contributed by atoms with van der Waals surface area (Å²) in [7, 11) is -3.75. The summed E-state index contributed by atoms with van der Waals surface area (Å²) in [5.41, 5.74) is 4.51. The average molecular weight is 501 g/mol. The second-order valence-corrected chi connectivity index (χ2v) is 9.50. The van der Waals surface area contributed by atoms with Gasteiger partial charge in [0.2, 0.25) is 9.84 Å². The standard InChI is InChI=1S/C24H17N4O3S.C2H4O2/c29-28(19-11-13-20(14-12-19)32(30,31)22-8-1-2-15-25-22)27-21-7-3-5-17-9-10-18-6-4-16-26-24(18)23(17)21;1-2(3)4/h1-16H,(H,27,29);1H3,(H,3,4)/q+1;/p-1. The molecule has 5 rings (SSSR count). The van der Waals surface area contributed by atoms with Crippen molar-refractivity contribution in [3.63, 3.8) is 0 Å². The number of nitroso groups, excluding NO2 is 1. The molecule has 0 spiro atoms. The van der Waals surface area contributed by atoms with Crippen LogP contribution >= 0.6 is 0 Å². The monoisotopic (exact) mass is 500 g/mol. The van der Waals surface area contributed by atoms with E-state index in [1.165, 1.54) is 36.5 Å². The molecule has 0 atom stereocenters. The fourth-order valence-electron chi connectivity index (χ4n) is 3.57. The summed E-state index contributed by atoms with van der Waals surface area (Å²) in [6, 6.07) is 23.8. The molecule has 0 aliphatic heterocycles. The van der Waals surface area contributed by atoms with Crippen LogP contribution in [0.2, 0.25) is 0 Å². The molecule has 36 heavy (non-hydrogen) atoms. The van der Waals surface area contributed by atoms with Gasteiger partial charge in [0.05, 0.1) is 15.3 Å². The fraction of sp³-hybridized carbons (Fsp3) is 0.0385. The van der Waals surface area contributed by atoms with Crippen molar-refractivity contribution in [1.29, 1.82) is 0 Å². The van der Waals surface area contributed by atoms with Gasteiger partial charge in [0.1, 0.15) is 5.69 Å². The van der Waals surface area contributed by atoms with Gasteiger partial charge in [-0.3, -0.25) is 4.98 Å². The Labute approximate surface area is 206 Å². The number of fused-ring (bicyclic) bond motifs is 3. The van der Waals surface area contributed by atoms with Gasteiger partial charge < -0.3 is 9.90 Å². The van der Waals surface area contributed by atoms with Gasteiger partial charge >= 0.3 is 0 Å². The Bertz CT molecular complexity index is 1670. The molecule has 3 aromatic carbocycles. The number of hydrazine groups is 1. The first-order chi connectivity index (χ1) is 17.3. The molecule has 0 fully saturated rings. The number of carbonyl (C=O) groups is 1. The first-order valence-electron chi connectivity index (χ1n) is 10.7. The van der Waals surface area contributed by atoms with Crippen molar-refractivity contribution in [3.05, 3.63) is 102 Å². The molecule has 0 unspecified atom stereocenters. The summed E-state index contributed by atoms with van der Waals surface area (Å²) < 4.78 is 25.4. The molecule has 10 heteroatoms.